The fourth-order valence-electron chi connectivity index (χ4n) is 3.84. The number of rotatable bonds is 7. The molecule has 0 saturated heterocycles. The van der Waals surface area contributed by atoms with Crippen molar-refractivity contribution in [2.75, 3.05) is 23.9 Å². The molecule has 3 nitrogen and oxygen atoms in total. The van der Waals surface area contributed by atoms with Crippen molar-refractivity contribution >= 4 is 61.8 Å². The number of amides is 1. The molecule has 0 heterocycles. The average molecular weight is 423 g/mol. The Morgan fingerprint density at radius 1 is 0.862 bits per heavy atom. The smallest absolute Gasteiger partial charge is 0.137 e. The first kappa shape index (κ1) is 19.9. The summed E-state index contributed by atoms with van der Waals surface area (Å²) in [6.07, 6.45) is -1.14. The predicted octanol–water partition coefficient (Wildman–Crippen LogP) is 5.26. The maximum absolute atomic E-state index is 11.8. The molecule has 0 radical (unpaired) electrons. The number of nitrogens with zero attached hydrogens (tertiary/aromatic N) is 1. The van der Waals surface area contributed by atoms with E-state index < -0.39 is 6.09 Å². The molecule has 0 aromatic heterocycles. The number of hydrogen-bond donors (Lipinski definition) is 0. The lowest BCUT2D eigenvalue weighted by atomic mass is 9.93. The topological polar surface area (TPSA) is 43.4 Å². The zero-order valence-corrected chi connectivity index (χ0v) is 17.5. The second-order valence-corrected chi connectivity index (χ2v) is 8.55. The van der Waals surface area contributed by atoms with Crippen molar-refractivity contribution in [3.8, 4) is 0 Å². The highest BCUT2D eigenvalue weighted by Crippen LogP contribution is 2.34. The number of carbonyl (C=O) groups excluding carboxylic acids is 1. The Hall–Kier alpha value is -2.43. The van der Waals surface area contributed by atoms with Gasteiger partial charge < -0.3 is 14.8 Å². The largest absolute Gasteiger partial charge is 0.530 e. The maximum atomic E-state index is 11.8. The van der Waals surface area contributed by atoms with Crippen LogP contribution in [0.25, 0.3) is 32.3 Å². The summed E-state index contributed by atoms with van der Waals surface area (Å²) in [7, 11) is 0. The number of halogens is 1. The van der Waals surface area contributed by atoms with Crippen molar-refractivity contribution in [2.45, 2.75) is 6.54 Å². The third-order valence-electron chi connectivity index (χ3n) is 5.22. The third kappa shape index (κ3) is 4.14. The normalized spacial score (nSPS) is 11.3. The molecule has 4 aromatic rings. The Labute approximate surface area is 179 Å². The number of carboxylic acid groups (broad SMARTS) is 1. The minimum absolute atomic E-state index is 0.306. The van der Waals surface area contributed by atoms with E-state index in [4.69, 9.17) is 11.6 Å². The standard InChI is InChI=1S/C24H22ClNO2S/c25-11-13-29-14-12-26(24(27)28)16-23-20-8-4-2-6-18(20)15-22-19-7-3-1-5-17(19)9-10-21(22)23/h1-10,15H,11-14,16H2,(H,27,28)/p-1. The van der Waals surface area contributed by atoms with E-state index in [1.165, 1.54) is 15.7 Å². The summed E-state index contributed by atoms with van der Waals surface area (Å²) in [5, 5.41) is 18.6. The number of alkyl halides is 1. The first-order chi connectivity index (χ1) is 14.2. The van der Waals surface area contributed by atoms with E-state index in [-0.39, 0.29) is 0 Å². The first-order valence-corrected chi connectivity index (χ1v) is 11.3. The molecule has 0 unspecified atom stereocenters. The molecule has 0 N–H and O–H groups in total. The molecule has 0 aliphatic rings. The molecule has 5 heteroatoms. The molecule has 4 aromatic carbocycles. The zero-order chi connectivity index (χ0) is 20.2. The van der Waals surface area contributed by atoms with Crippen LogP contribution in [0.2, 0.25) is 0 Å². The van der Waals surface area contributed by atoms with Gasteiger partial charge >= 0.3 is 0 Å². The van der Waals surface area contributed by atoms with Crippen LogP contribution in [-0.4, -0.2) is 34.9 Å². The van der Waals surface area contributed by atoms with Crippen LogP contribution < -0.4 is 5.11 Å². The van der Waals surface area contributed by atoms with E-state index in [1.807, 2.05) is 24.3 Å². The molecule has 29 heavy (non-hydrogen) atoms. The molecular weight excluding hydrogens is 402 g/mol. The molecule has 0 aliphatic heterocycles. The van der Waals surface area contributed by atoms with Gasteiger partial charge in [0, 0.05) is 30.5 Å². The predicted molar refractivity (Wildman–Crippen MR) is 123 cm³/mol. The van der Waals surface area contributed by atoms with E-state index in [2.05, 4.69) is 42.5 Å². The van der Waals surface area contributed by atoms with Gasteiger partial charge in [-0.15, -0.1) is 11.6 Å². The van der Waals surface area contributed by atoms with Crippen molar-refractivity contribution in [2.24, 2.45) is 0 Å². The molecule has 0 bridgehead atoms. The molecule has 0 saturated carbocycles. The fraction of sp³-hybridized carbons (Fsp3) is 0.208. The molecule has 148 valence electrons. The van der Waals surface area contributed by atoms with Crippen LogP contribution in [0.4, 0.5) is 4.79 Å². The van der Waals surface area contributed by atoms with Crippen LogP contribution in [0.1, 0.15) is 5.56 Å². The van der Waals surface area contributed by atoms with Crippen molar-refractivity contribution in [3.05, 3.63) is 72.3 Å². The monoisotopic (exact) mass is 422 g/mol. The maximum Gasteiger partial charge on any atom is 0.137 e. The van der Waals surface area contributed by atoms with Crippen molar-refractivity contribution in [3.63, 3.8) is 0 Å². The second-order valence-electron chi connectivity index (χ2n) is 6.95. The SMILES string of the molecule is O=C([O-])N(CCSCCCl)Cc1c2ccccc2cc2c1ccc1ccccc12. The van der Waals surface area contributed by atoms with Gasteiger partial charge in [0.05, 0.1) is 0 Å². The summed E-state index contributed by atoms with van der Waals surface area (Å²) in [6.45, 7) is 0.724. The number of benzene rings is 4. The minimum Gasteiger partial charge on any atom is -0.530 e. The van der Waals surface area contributed by atoms with E-state index >= 15 is 0 Å². The van der Waals surface area contributed by atoms with E-state index in [9.17, 15) is 9.90 Å². The molecule has 0 fully saturated rings. The minimum atomic E-state index is -1.14. The Kier molecular flexibility index (Phi) is 6.12. The van der Waals surface area contributed by atoms with Crippen molar-refractivity contribution in [1.82, 2.24) is 4.90 Å². The van der Waals surface area contributed by atoms with E-state index in [1.54, 1.807) is 11.8 Å². The van der Waals surface area contributed by atoms with Gasteiger partial charge in [-0.2, -0.15) is 11.8 Å². The highest BCUT2D eigenvalue weighted by atomic mass is 35.5. The summed E-state index contributed by atoms with van der Waals surface area (Å²) >= 11 is 7.38. The number of hydrogen-bond acceptors (Lipinski definition) is 3. The molecule has 1 amide bonds. The number of carbonyl (C=O) groups is 1. The van der Waals surface area contributed by atoms with Crippen molar-refractivity contribution in [1.29, 1.82) is 0 Å². The average Bonchev–Trinajstić information content (AvgIpc) is 2.75. The molecule has 0 aliphatic carbocycles. The highest BCUT2D eigenvalue weighted by Gasteiger charge is 2.14. The lowest BCUT2D eigenvalue weighted by Gasteiger charge is -2.26. The van der Waals surface area contributed by atoms with Crippen LogP contribution in [0.15, 0.2) is 66.7 Å². The summed E-state index contributed by atoms with van der Waals surface area (Å²) in [6, 6.07) is 22.9. The Bertz CT molecular complexity index is 1180. The fourth-order valence-corrected chi connectivity index (χ4v) is 4.83. The van der Waals surface area contributed by atoms with Gasteiger partial charge in [0.15, 0.2) is 0 Å². The summed E-state index contributed by atoms with van der Waals surface area (Å²) in [4.78, 5) is 13.2. The third-order valence-corrected chi connectivity index (χ3v) is 6.59. The van der Waals surface area contributed by atoms with Crippen LogP contribution in [-0.2, 0) is 6.54 Å². The van der Waals surface area contributed by atoms with Crippen LogP contribution >= 0.6 is 23.4 Å². The Balaban J connectivity index is 1.84. The van der Waals surface area contributed by atoms with Crippen LogP contribution in [0.5, 0.6) is 0 Å². The first-order valence-electron chi connectivity index (χ1n) is 9.61. The molecule has 0 spiro atoms. The summed E-state index contributed by atoms with van der Waals surface area (Å²) in [5.74, 6) is 2.08. The lowest BCUT2D eigenvalue weighted by molar-refractivity contribution is -0.266. The molecule has 4 rings (SSSR count). The van der Waals surface area contributed by atoms with E-state index in [0.29, 0.717) is 24.7 Å². The van der Waals surface area contributed by atoms with Gasteiger partial charge in [-0.25, -0.2) is 0 Å². The Morgan fingerprint density at radius 3 is 2.34 bits per heavy atom. The quantitative estimate of drug-likeness (QED) is 0.176. The summed E-state index contributed by atoms with van der Waals surface area (Å²) in [5.41, 5.74) is 1.02. The summed E-state index contributed by atoms with van der Waals surface area (Å²) < 4.78 is 0. The van der Waals surface area contributed by atoms with Gasteiger partial charge in [0.1, 0.15) is 6.09 Å². The van der Waals surface area contributed by atoms with E-state index in [0.717, 1.165) is 32.9 Å². The molecule has 0 atom stereocenters. The van der Waals surface area contributed by atoms with Crippen molar-refractivity contribution < 1.29 is 9.90 Å². The Morgan fingerprint density at radius 2 is 1.59 bits per heavy atom. The van der Waals surface area contributed by atoms with Crippen LogP contribution in [0, 0.1) is 0 Å². The van der Waals surface area contributed by atoms with Crippen LogP contribution in [0.3, 0.4) is 0 Å². The van der Waals surface area contributed by atoms with Gasteiger partial charge in [-0.05, 0) is 43.9 Å². The van der Waals surface area contributed by atoms with Gasteiger partial charge in [-0.1, -0.05) is 60.7 Å². The van der Waals surface area contributed by atoms with Gasteiger partial charge in [0.2, 0.25) is 0 Å². The second kappa shape index (κ2) is 8.93. The number of fused-ring (bicyclic) bond motifs is 4. The van der Waals surface area contributed by atoms with Gasteiger partial charge in [0.25, 0.3) is 0 Å². The molecular formula is C24H21ClNO2S-. The lowest BCUT2D eigenvalue weighted by Crippen LogP contribution is -2.42. The highest BCUT2D eigenvalue weighted by molar-refractivity contribution is 7.99. The number of thioether (sulfide) groups is 1. The van der Waals surface area contributed by atoms with Gasteiger partial charge in [-0.3, -0.25) is 0 Å². The zero-order valence-electron chi connectivity index (χ0n) is 15.9.